The molecule has 2 atom stereocenters. The van der Waals surface area contributed by atoms with Crippen LogP contribution in [0.15, 0.2) is 0 Å². The molecular formula is C15H27NO4. The second kappa shape index (κ2) is 8.95. The van der Waals surface area contributed by atoms with Gasteiger partial charge in [-0.05, 0) is 12.3 Å². The zero-order valence-corrected chi connectivity index (χ0v) is 12.6. The average molecular weight is 285 g/mol. The molecule has 116 valence electrons. The minimum Gasteiger partial charge on any atom is -0.481 e. The fourth-order valence-electron chi connectivity index (χ4n) is 2.58. The molecule has 1 aliphatic rings. The molecule has 0 bridgehead atoms. The SMILES string of the molecule is CCCCC(CC)CC(=O)N1CCOC(CC(=O)O)C1. The van der Waals surface area contributed by atoms with Crippen LogP contribution in [0.4, 0.5) is 0 Å². The molecule has 1 amide bonds. The third-order valence-corrected chi connectivity index (χ3v) is 3.90. The number of unbranched alkanes of at least 4 members (excludes halogenated alkanes) is 1. The fourth-order valence-corrected chi connectivity index (χ4v) is 2.58. The largest absolute Gasteiger partial charge is 0.481 e. The van der Waals surface area contributed by atoms with Crippen LogP contribution in [-0.2, 0) is 14.3 Å². The first kappa shape index (κ1) is 17.0. The Morgan fingerprint density at radius 2 is 2.15 bits per heavy atom. The molecule has 0 aromatic heterocycles. The predicted molar refractivity (Wildman–Crippen MR) is 76.5 cm³/mol. The fraction of sp³-hybridized carbons (Fsp3) is 0.867. The molecule has 0 aromatic rings. The number of hydrogen-bond acceptors (Lipinski definition) is 3. The van der Waals surface area contributed by atoms with E-state index in [4.69, 9.17) is 9.84 Å². The van der Waals surface area contributed by atoms with E-state index in [0.717, 1.165) is 25.7 Å². The van der Waals surface area contributed by atoms with Gasteiger partial charge in [0.1, 0.15) is 0 Å². The van der Waals surface area contributed by atoms with Gasteiger partial charge in [-0.25, -0.2) is 0 Å². The zero-order valence-electron chi connectivity index (χ0n) is 12.6. The quantitative estimate of drug-likeness (QED) is 0.743. The molecule has 5 heteroatoms. The van der Waals surface area contributed by atoms with E-state index >= 15 is 0 Å². The third-order valence-electron chi connectivity index (χ3n) is 3.90. The summed E-state index contributed by atoms with van der Waals surface area (Å²) < 4.78 is 5.39. The average Bonchev–Trinajstić information content (AvgIpc) is 2.42. The summed E-state index contributed by atoms with van der Waals surface area (Å²) in [6, 6.07) is 0. The first-order valence-electron chi connectivity index (χ1n) is 7.67. The molecule has 0 aromatic carbocycles. The van der Waals surface area contributed by atoms with Crippen molar-refractivity contribution in [2.24, 2.45) is 5.92 Å². The van der Waals surface area contributed by atoms with Gasteiger partial charge in [0, 0.05) is 19.5 Å². The van der Waals surface area contributed by atoms with Crippen molar-refractivity contribution >= 4 is 11.9 Å². The summed E-state index contributed by atoms with van der Waals surface area (Å²) in [6.45, 7) is 5.72. The molecule has 0 saturated carbocycles. The minimum atomic E-state index is -0.876. The molecule has 1 rings (SSSR count). The van der Waals surface area contributed by atoms with Gasteiger partial charge in [0.15, 0.2) is 0 Å². The Morgan fingerprint density at radius 3 is 2.75 bits per heavy atom. The van der Waals surface area contributed by atoms with Crippen LogP contribution in [0, 0.1) is 5.92 Å². The monoisotopic (exact) mass is 285 g/mol. The maximum Gasteiger partial charge on any atom is 0.306 e. The van der Waals surface area contributed by atoms with Crippen LogP contribution in [0.1, 0.15) is 52.4 Å². The number of carbonyl (C=O) groups excluding carboxylic acids is 1. The van der Waals surface area contributed by atoms with Crippen molar-refractivity contribution < 1.29 is 19.4 Å². The second-order valence-corrected chi connectivity index (χ2v) is 5.55. The molecule has 20 heavy (non-hydrogen) atoms. The molecule has 1 fully saturated rings. The first-order chi connectivity index (χ1) is 9.56. The summed E-state index contributed by atoms with van der Waals surface area (Å²) in [5.74, 6) is -0.284. The number of carboxylic acids is 1. The maximum absolute atomic E-state index is 12.3. The number of nitrogens with zero attached hydrogens (tertiary/aromatic N) is 1. The van der Waals surface area contributed by atoms with Crippen LogP contribution in [-0.4, -0.2) is 47.7 Å². The first-order valence-corrected chi connectivity index (χ1v) is 7.67. The van der Waals surface area contributed by atoms with Crippen LogP contribution in [0.3, 0.4) is 0 Å². The Balaban J connectivity index is 2.43. The molecule has 1 N–H and O–H groups in total. The van der Waals surface area contributed by atoms with Crippen molar-refractivity contribution in [2.75, 3.05) is 19.7 Å². The molecule has 0 aliphatic carbocycles. The minimum absolute atomic E-state index is 0.0309. The summed E-state index contributed by atoms with van der Waals surface area (Å²) in [5, 5.41) is 8.79. The molecule has 0 radical (unpaired) electrons. The number of aliphatic carboxylic acids is 1. The van der Waals surface area contributed by atoms with E-state index in [9.17, 15) is 9.59 Å². The van der Waals surface area contributed by atoms with E-state index in [0.29, 0.717) is 32.0 Å². The predicted octanol–water partition coefficient (Wildman–Crippen LogP) is 2.29. The van der Waals surface area contributed by atoms with Crippen molar-refractivity contribution in [3.63, 3.8) is 0 Å². The maximum atomic E-state index is 12.3. The molecule has 5 nitrogen and oxygen atoms in total. The lowest BCUT2D eigenvalue weighted by Gasteiger charge is -2.33. The van der Waals surface area contributed by atoms with Crippen LogP contribution in [0.25, 0.3) is 0 Å². The number of rotatable bonds is 8. The van der Waals surface area contributed by atoms with Crippen molar-refractivity contribution in [2.45, 2.75) is 58.5 Å². The van der Waals surface area contributed by atoms with Crippen LogP contribution in [0.5, 0.6) is 0 Å². The highest BCUT2D eigenvalue weighted by molar-refractivity contribution is 5.76. The third kappa shape index (κ3) is 5.90. The molecule has 2 unspecified atom stereocenters. The number of ether oxygens (including phenoxy) is 1. The number of hydrogen-bond donors (Lipinski definition) is 1. The molecule has 1 saturated heterocycles. The Bertz CT molecular complexity index is 319. The smallest absolute Gasteiger partial charge is 0.306 e. The molecule has 0 spiro atoms. The highest BCUT2D eigenvalue weighted by Crippen LogP contribution is 2.19. The topological polar surface area (TPSA) is 66.8 Å². The van der Waals surface area contributed by atoms with Crippen LogP contribution in [0.2, 0.25) is 0 Å². The van der Waals surface area contributed by atoms with Gasteiger partial charge in [0.25, 0.3) is 0 Å². The van der Waals surface area contributed by atoms with Gasteiger partial charge in [-0.2, -0.15) is 0 Å². The van der Waals surface area contributed by atoms with Crippen LogP contribution >= 0.6 is 0 Å². The Hall–Kier alpha value is -1.10. The van der Waals surface area contributed by atoms with E-state index in [1.165, 1.54) is 0 Å². The standard InChI is InChI=1S/C15H27NO4/c1-3-5-6-12(4-2)9-14(17)16-7-8-20-13(11-16)10-15(18)19/h12-13H,3-11H2,1-2H3,(H,18,19). The number of morpholine rings is 1. The number of carboxylic acid groups (broad SMARTS) is 1. The normalized spacial score (nSPS) is 20.7. The number of amides is 1. The van der Waals surface area contributed by atoms with Gasteiger partial charge in [-0.1, -0.05) is 33.1 Å². The summed E-state index contributed by atoms with van der Waals surface area (Å²) >= 11 is 0. The van der Waals surface area contributed by atoms with Gasteiger partial charge >= 0.3 is 5.97 Å². The van der Waals surface area contributed by atoms with E-state index < -0.39 is 5.97 Å². The van der Waals surface area contributed by atoms with E-state index in [1.807, 2.05) is 0 Å². The van der Waals surface area contributed by atoms with Gasteiger partial charge < -0.3 is 14.7 Å². The summed E-state index contributed by atoms with van der Waals surface area (Å²) in [6.07, 6.45) is 4.63. The lowest BCUT2D eigenvalue weighted by Crippen LogP contribution is -2.46. The molecule has 1 heterocycles. The van der Waals surface area contributed by atoms with Crippen molar-refractivity contribution in [1.82, 2.24) is 4.90 Å². The Morgan fingerprint density at radius 1 is 1.40 bits per heavy atom. The Labute approximate surface area is 121 Å². The summed E-state index contributed by atoms with van der Waals surface area (Å²) in [7, 11) is 0. The lowest BCUT2D eigenvalue weighted by atomic mass is 9.95. The van der Waals surface area contributed by atoms with Crippen molar-refractivity contribution in [3.05, 3.63) is 0 Å². The van der Waals surface area contributed by atoms with E-state index in [1.54, 1.807) is 4.90 Å². The highest BCUT2D eigenvalue weighted by Gasteiger charge is 2.26. The summed E-state index contributed by atoms with van der Waals surface area (Å²) in [4.78, 5) is 24.8. The van der Waals surface area contributed by atoms with Gasteiger partial charge in [0.05, 0.1) is 19.1 Å². The van der Waals surface area contributed by atoms with Crippen LogP contribution < -0.4 is 0 Å². The van der Waals surface area contributed by atoms with E-state index in [2.05, 4.69) is 13.8 Å². The summed E-state index contributed by atoms with van der Waals surface area (Å²) in [5.41, 5.74) is 0. The van der Waals surface area contributed by atoms with Crippen molar-refractivity contribution in [3.8, 4) is 0 Å². The van der Waals surface area contributed by atoms with Gasteiger partial charge in [-0.15, -0.1) is 0 Å². The van der Waals surface area contributed by atoms with Crippen molar-refractivity contribution in [1.29, 1.82) is 0 Å². The number of carbonyl (C=O) groups is 2. The zero-order chi connectivity index (χ0) is 15.0. The van der Waals surface area contributed by atoms with E-state index in [-0.39, 0.29) is 18.4 Å². The second-order valence-electron chi connectivity index (χ2n) is 5.55. The highest BCUT2D eigenvalue weighted by atomic mass is 16.5. The lowest BCUT2D eigenvalue weighted by molar-refractivity contribution is -0.148. The molecular weight excluding hydrogens is 258 g/mol. The van der Waals surface area contributed by atoms with Gasteiger partial charge in [0.2, 0.25) is 5.91 Å². The Kier molecular flexibility index (Phi) is 7.59. The van der Waals surface area contributed by atoms with Gasteiger partial charge in [-0.3, -0.25) is 9.59 Å². The molecule has 1 aliphatic heterocycles.